The van der Waals surface area contributed by atoms with Gasteiger partial charge in [-0.25, -0.2) is 8.78 Å². The summed E-state index contributed by atoms with van der Waals surface area (Å²) in [5.74, 6) is 0.586. The van der Waals surface area contributed by atoms with Gasteiger partial charge in [-0.1, -0.05) is 13.8 Å². The van der Waals surface area contributed by atoms with Crippen LogP contribution in [0, 0.1) is 5.92 Å². The summed E-state index contributed by atoms with van der Waals surface area (Å²) in [6.45, 7) is 4.62. The van der Waals surface area contributed by atoms with Gasteiger partial charge in [0.1, 0.15) is 6.61 Å². The van der Waals surface area contributed by atoms with E-state index in [-0.39, 0.29) is 12.1 Å². The lowest BCUT2D eigenvalue weighted by Gasteiger charge is -2.35. The van der Waals surface area contributed by atoms with Gasteiger partial charge in [0.25, 0.3) is 6.43 Å². The third-order valence-electron chi connectivity index (χ3n) is 2.96. The molecule has 0 aromatic carbocycles. The molecule has 4 heteroatoms. The maximum atomic E-state index is 12.1. The first kappa shape index (κ1) is 12.8. The lowest BCUT2D eigenvalue weighted by molar-refractivity contribution is -0.0566. The topological polar surface area (TPSA) is 21.3 Å². The van der Waals surface area contributed by atoms with Crippen LogP contribution in [-0.4, -0.2) is 31.7 Å². The van der Waals surface area contributed by atoms with Crippen molar-refractivity contribution in [2.75, 3.05) is 13.2 Å². The number of halogens is 2. The largest absolute Gasteiger partial charge is 0.371 e. The second kappa shape index (κ2) is 6.38. The number of rotatable bonds is 5. The highest BCUT2D eigenvalue weighted by Gasteiger charge is 2.29. The molecule has 90 valence electrons. The molecule has 0 radical (unpaired) electrons. The van der Waals surface area contributed by atoms with Crippen LogP contribution < -0.4 is 5.32 Å². The molecule has 1 fully saturated rings. The molecule has 3 unspecified atom stereocenters. The fourth-order valence-electron chi connectivity index (χ4n) is 2.20. The van der Waals surface area contributed by atoms with Crippen molar-refractivity contribution >= 4 is 0 Å². The smallest absolute Gasteiger partial charge is 0.261 e. The fourth-order valence-corrected chi connectivity index (χ4v) is 2.20. The van der Waals surface area contributed by atoms with E-state index in [1.807, 2.05) is 6.92 Å². The Bertz CT molecular complexity index is 178. The van der Waals surface area contributed by atoms with Gasteiger partial charge < -0.3 is 10.1 Å². The second-order valence-electron chi connectivity index (χ2n) is 4.35. The van der Waals surface area contributed by atoms with Gasteiger partial charge in [0, 0.05) is 6.04 Å². The number of hydrogen-bond donors (Lipinski definition) is 1. The number of alkyl halides is 2. The molecule has 0 amide bonds. The molecule has 0 saturated heterocycles. The van der Waals surface area contributed by atoms with E-state index >= 15 is 0 Å². The van der Waals surface area contributed by atoms with E-state index in [0.29, 0.717) is 5.92 Å². The zero-order valence-corrected chi connectivity index (χ0v) is 9.51. The molecule has 1 aliphatic rings. The zero-order chi connectivity index (χ0) is 11.3. The first-order valence-corrected chi connectivity index (χ1v) is 5.76. The molecule has 0 spiro atoms. The van der Waals surface area contributed by atoms with Crippen molar-refractivity contribution in [2.45, 2.75) is 51.7 Å². The third kappa shape index (κ3) is 4.43. The normalized spacial score (nSPS) is 32.2. The predicted octanol–water partition coefficient (Wildman–Crippen LogP) is 2.43. The molecule has 0 aromatic heterocycles. The number of likely N-dealkylation sites (N-methyl/N-ethyl adjacent to an activating group) is 1. The highest BCUT2D eigenvalue weighted by Crippen LogP contribution is 2.26. The molecule has 0 heterocycles. The number of nitrogens with one attached hydrogen (secondary N) is 1. The van der Waals surface area contributed by atoms with Crippen molar-refractivity contribution in [2.24, 2.45) is 5.92 Å². The van der Waals surface area contributed by atoms with Crippen molar-refractivity contribution in [1.82, 2.24) is 5.32 Å². The van der Waals surface area contributed by atoms with Crippen LogP contribution in [0.1, 0.15) is 33.1 Å². The molecule has 1 rings (SSSR count). The molecular formula is C11H21F2NO. The quantitative estimate of drug-likeness (QED) is 0.770. The second-order valence-corrected chi connectivity index (χ2v) is 4.35. The molecular weight excluding hydrogens is 200 g/mol. The first-order valence-electron chi connectivity index (χ1n) is 5.76. The molecule has 1 aliphatic carbocycles. The molecule has 0 aromatic rings. The summed E-state index contributed by atoms with van der Waals surface area (Å²) >= 11 is 0. The third-order valence-corrected chi connectivity index (χ3v) is 2.96. The van der Waals surface area contributed by atoms with Gasteiger partial charge in [0.05, 0.1) is 6.10 Å². The van der Waals surface area contributed by atoms with E-state index in [9.17, 15) is 8.78 Å². The van der Waals surface area contributed by atoms with Gasteiger partial charge in [-0.05, 0) is 31.7 Å². The summed E-state index contributed by atoms with van der Waals surface area (Å²) in [4.78, 5) is 0. The Morgan fingerprint density at radius 3 is 2.73 bits per heavy atom. The van der Waals surface area contributed by atoms with E-state index in [4.69, 9.17) is 4.74 Å². The van der Waals surface area contributed by atoms with E-state index in [2.05, 4.69) is 12.2 Å². The zero-order valence-electron chi connectivity index (χ0n) is 9.51. The monoisotopic (exact) mass is 221 g/mol. The standard InChI is InChI=1S/C11H21F2NO/c1-3-14-9-5-4-8(2)6-10(9)15-7-11(12)13/h8-11,14H,3-7H2,1-2H3. The highest BCUT2D eigenvalue weighted by atomic mass is 19.3. The summed E-state index contributed by atoms with van der Waals surface area (Å²) in [6, 6.07) is 0.255. The van der Waals surface area contributed by atoms with Gasteiger partial charge in [-0.3, -0.25) is 0 Å². The van der Waals surface area contributed by atoms with Crippen LogP contribution in [0.4, 0.5) is 8.78 Å². The molecule has 3 atom stereocenters. The Morgan fingerprint density at radius 1 is 1.40 bits per heavy atom. The Kier molecular flexibility index (Phi) is 5.47. The van der Waals surface area contributed by atoms with Gasteiger partial charge in [0.2, 0.25) is 0 Å². The average Bonchev–Trinajstić information content (AvgIpc) is 2.18. The minimum atomic E-state index is -2.36. The Morgan fingerprint density at radius 2 is 2.13 bits per heavy atom. The molecule has 1 saturated carbocycles. The summed E-state index contributed by atoms with van der Waals surface area (Å²) in [6.07, 6.45) is 0.687. The predicted molar refractivity (Wildman–Crippen MR) is 56.2 cm³/mol. The Hall–Kier alpha value is -0.220. The average molecular weight is 221 g/mol. The van der Waals surface area contributed by atoms with Crippen molar-refractivity contribution in [3.63, 3.8) is 0 Å². The van der Waals surface area contributed by atoms with Gasteiger partial charge >= 0.3 is 0 Å². The SMILES string of the molecule is CCNC1CCC(C)CC1OCC(F)F. The van der Waals surface area contributed by atoms with Crippen LogP contribution >= 0.6 is 0 Å². The van der Waals surface area contributed by atoms with Crippen LogP contribution in [0.2, 0.25) is 0 Å². The summed E-state index contributed by atoms with van der Waals surface area (Å²) in [5, 5.41) is 3.31. The number of ether oxygens (including phenoxy) is 1. The van der Waals surface area contributed by atoms with Crippen molar-refractivity contribution in [3.8, 4) is 0 Å². The van der Waals surface area contributed by atoms with Crippen LogP contribution in [0.15, 0.2) is 0 Å². The molecule has 0 aliphatic heterocycles. The van der Waals surface area contributed by atoms with Gasteiger partial charge in [0.15, 0.2) is 0 Å². The maximum absolute atomic E-state index is 12.1. The van der Waals surface area contributed by atoms with Crippen LogP contribution in [0.25, 0.3) is 0 Å². The fraction of sp³-hybridized carbons (Fsp3) is 1.00. The maximum Gasteiger partial charge on any atom is 0.261 e. The van der Waals surface area contributed by atoms with E-state index in [0.717, 1.165) is 25.8 Å². The van der Waals surface area contributed by atoms with Gasteiger partial charge in [-0.2, -0.15) is 0 Å². The van der Waals surface area contributed by atoms with Crippen LogP contribution in [0.5, 0.6) is 0 Å². The van der Waals surface area contributed by atoms with Crippen LogP contribution in [-0.2, 0) is 4.74 Å². The van der Waals surface area contributed by atoms with Crippen LogP contribution in [0.3, 0.4) is 0 Å². The molecule has 2 nitrogen and oxygen atoms in total. The summed E-state index contributed by atoms with van der Waals surface area (Å²) in [5.41, 5.74) is 0. The Labute approximate surface area is 90.4 Å². The van der Waals surface area contributed by atoms with Crippen molar-refractivity contribution < 1.29 is 13.5 Å². The van der Waals surface area contributed by atoms with E-state index in [1.165, 1.54) is 0 Å². The summed E-state index contributed by atoms with van der Waals surface area (Å²) < 4.78 is 29.4. The number of hydrogen-bond acceptors (Lipinski definition) is 2. The van der Waals surface area contributed by atoms with E-state index in [1.54, 1.807) is 0 Å². The van der Waals surface area contributed by atoms with Gasteiger partial charge in [-0.15, -0.1) is 0 Å². The first-order chi connectivity index (χ1) is 7.13. The van der Waals surface area contributed by atoms with E-state index < -0.39 is 13.0 Å². The Balaban J connectivity index is 2.39. The molecule has 0 bridgehead atoms. The molecule has 15 heavy (non-hydrogen) atoms. The lowest BCUT2D eigenvalue weighted by Crippen LogP contribution is -2.45. The minimum Gasteiger partial charge on any atom is -0.371 e. The van der Waals surface area contributed by atoms with Crippen molar-refractivity contribution in [3.05, 3.63) is 0 Å². The highest BCUT2D eigenvalue weighted by molar-refractivity contribution is 4.84. The minimum absolute atomic E-state index is 0.0392. The van der Waals surface area contributed by atoms with Crippen molar-refractivity contribution in [1.29, 1.82) is 0 Å². The molecule has 1 N–H and O–H groups in total. The lowest BCUT2D eigenvalue weighted by atomic mass is 9.85. The summed E-state index contributed by atoms with van der Waals surface area (Å²) in [7, 11) is 0.